The predicted octanol–water partition coefficient (Wildman–Crippen LogP) is 2.29. The topological polar surface area (TPSA) is 52.3 Å². The molecule has 3 heteroatoms. The largest absolute Gasteiger partial charge is 0.464 e. The monoisotopic (exact) mass is 247 g/mol. The molecule has 3 nitrogen and oxygen atoms in total. The molecule has 2 rings (SSSR count). The lowest BCUT2D eigenvalue weighted by molar-refractivity contribution is -0.146. The summed E-state index contributed by atoms with van der Waals surface area (Å²) in [5.41, 5.74) is 7.11. The zero-order valence-electron chi connectivity index (χ0n) is 10.7. The second kappa shape index (κ2) is 6.55. The second-order valence-corrected chi connectivity index (χ2v) is 4.97. The summed E-state index contributed by atoms with van der Waals surface area (Å²) in [5, 5.41) is 0. The minimum absolute atomic E-state index is 0.238. The van der Waals surface area contributed by atoms with Crippen LogP contribution in [-0.2, 0) is 16.0 Å². The maximum atomic E-state index is 11.8. The van der Waals surface area contributed by atoms with Crippen LogP contribution in [-0.4, -0.2) is 18.6 Å². The summed E-state index contributed by atoms with van der Waals surface area (Å²) in [6, 6.07) is 9.59. The van der Waals surface area contributed by atoms with Crippen molar-refractivity contribution in [2.45, 2.75) is 38.1 Å². The third-order valence-electron chi connectivity index (χ3n) is 3.66. The van der Waals surface area contributed by atoms with E-state index in [-0.39, 0.29) is 5.97 Å². The van der Waals surface area contributed by atoms with Crippen molar-refractivity contribution in [2.75, 3.05) is 6.61 Å². The lowest BCUT2D eigenvalue weighted by atomic mass is 9.99. The van der Waals surface area contributed by atoms with E-state index in [1.165, 1.54) is 18.4 Å². The van der Waals surface area contributed by atoms with Crippen molar-refractivity contribution in [3.8, 4) is 0 Å². The van der Waals surface area contributed by atoms with Crippen LogP contribution in [0.3, 0.4) is 0 Å². The SMILES string of the molecule is NC(C(=O)OCCc1ccccc1)C1CCCC1. The normalized spacial score (nSPS) is 17.6. The van der Waals surface area contributed by atoms with E-state index in [4.69, 9.17) is 10.5 Å². The smallest absolute Gasteiger partial charge is 0.323 e. The molecule has 1 aliphatic carbocycles. The summed E-state index contributed by atoms with van der Waals surface area (Å²) in [7, 11) is 0. The summed E-state index contributed by atoms with van der Waals surface area (Å²) in [6.07, 6.45) is 5.26. The van der Waals surface area contributed by atoms with E-state index in [9.17, 15) is 4.79 Å². The van der Waals surface area contributed by atoms with Crippen LogP contribution in [0.5, 0.6) is 0 Å². The minimum atomic E-state index is -0.428. The molecular weight excluding hydrogens is 226 g/mol. The molecule has 0 heterocycles. The number of nitrogens with two attached hydrogens (primary N) is 1. The molecule has 0 aliphatic heterocycles. The summed E-state index contributed by atoms with van der Waals surface area (Å²) in [5.74, 6) is 0.0899. The number of hydrogen-bond acceptors (Lipinski definition) is 3. The number of carbonyl (C=O) groups is 1. The van der Waals surface area contributed by atoms with Crippen LogP contribution in [0.4, 0.5) is 0 Å². The summed E-state index contributed by atoms with van der Waals surface area (Å²) < 4.78 is 5.26. The Hall–Kier alpha value is -1.35. The van der Waals surface area contributed by atoms with Crippen molar-refractivity contribution < 1.29 is 9.53 Å². The lowest BCUT2D eigenvalue weighted by Crippen LogP contribution is -2.38. The van der Waals surface area contributed by atoms with Gasteiger partial charge in [0.2, 0.25) is 0 Å². The highest BCUT2D eigenvalue weighted by molar-refractivity contribution is 5.75. The molecule has 0 spiro atoms. The van der Waals surface area contributed by atoms with Crippen molar-refractivity contribution in [3.05, 3.63) is 35.9 Å². The zero-order valence-corrected chi connectivity index (χ0v) is 10.7. The molecule has 0 aromatic heterocycles. The highest BCUT2D eigenvalue weighted by Crippen LogP contribution is 2.27. The Labute approximate surface area is 108 Å². The average molecular weight is 247 g/mol. The first-order valence-electron chi connectivity index (χ1n) is 6.73. The Kier molecular flexibility index (Phi) is 4.76. The van der Waals surface area contributed by atoms with Gasteiger partial charge < -0.3 is 10.5 Å². The molecule has 0 radical (unpaired) electrons. The Morgan fingerprint density at radius 1 is 1.28 bits per heavy atom. The van der Waals surface area contributed by atoms with Crippen molar-refractivity contribution in [3.63, 3.8) is 0 Å². The molecule has 18 heavy (non-hydrogen) atoms. The average Bonchev–Trinajstić information content (AvgIpc) is 2.93. The fourth-order valence-electron chi connectivity index (χ4n) is 2.52. The highest BCUT2D eigenvalue weighted by atomic mass is 16.5. The standard InChI is InChI=1S/C15H21NO2/c16-14(13-8-4-5-9-13)15(17)18-11-10-12-6-2-1-3-7-12/h1-3,6-7,13-14H,4-5,8-11,16H2. The molecule has 1 saturated carbocycles. The van der Waals surface area contributed by atoms with Gasteiger partial charge in [-0.2, -0.15) is 0 Å². The summed E-state index contributed by atoms with van der Waals surface area (Å²) in [6.45, 7) is 0.420. The number of esters is 1. The second-order valence-electron chi connectivity index (χ2n) is 4.97. The Bertz CT molecular complexity index is 371. The van der Waals surface area contributed by atoms with Gasteiger partial charge in [-0.05, 0) is 24.3 Å². The number of benzene rings is 1. The predicted molar refractivity (Wildman–Crippen MR) is 71.0 cm³/mol. The third-order valence-corrected chi connectivity index (χ3v) is 3.66. The maximum absolute atomic E-state index is 11.8. The Morgan fingerprint density at radius 3 is 2.61 bits per heavy atom. The van der Waals surface area contributed by atoms with Gasteiger partial charge in [0.1, 0.15) is 6.04 Å². The molecule has 98 valence electrons. The van der Waals surface area contributed by atoms with Crippen molar-refractivity contribution in [2.24, 2.45) is 11.7 Å². The van der Waals surface area contributed by atoms with Gasteiger partial charge in [-0.1, -0.05) is 43.2 Å². The molecule has 1 aromatic rings. The quantitative estimate of drug-likeness (QED) is 0.812. The molecule has 1 atom stereocenters. The van der Waals surface area contributed by atoms with E-state index >= 15 is 0 Å². The molecule has 1 aromatic carbocycles. The van der Waals surface area contributed by atoms with Gasteiger partial charge in [0.25, 0.3) is 0 Å². The fourth-order valence-corrected chi connectivity index (χ4v) is 2.52. The van der Waals surface area contributed by atoms with Gasteiger partial charge in [0.15, 0.2) is 0 Å². The first kappa shape index (κ1) is 13.1. The van der Waals surface area contributed by atoms with Crippen LogP contribution in [0.2, 0.25) is 0 Å². The van der Waals surface area contributed by atoms with Crippen molar-refractivity contribution in [1.82, 2.24) is 0 Å². The first-order valence-corrected chi connectivity index (χ1v) is 6.73. The number of ether oxygens (including phenoxy) is 1. The zero-order chi connectivity index (χ0) is 12.8. The maximum Gasteiger partial charge on any atom is 0.323 e. The van der Waals surface area contributed by atoms with Crippen LogP contribution >= 0.6 is 0 Å². The molecule has 2 N–H and O–H groups in total. The number of rotatable bonds is 5. The number of hydrogen-bond donors (Lipinski definition) is 1. The van der Waals surface area contributed by atoms with E-state index in [0.29, 0.717) is 12.5 Å². The van der Waals surface area contributed by atoms with E-state index in [0.717, 1.165) is 19.3 Å². The minimum Gasteiger partial charge on any atom is -0.464 e. The first-order chi connectivity index (χ1) is 8.77. The van der Waals surface area contributed by atoms with Crippen LogP contribution in [0.25, 0.3) is 0 Å². The molecule has 1 aliphatic rings. The number of carbonyl (C=O) groups excluding carboxylic acids is 1. The highest BCUT2D eigenvalue weighted by Gasteiger charge is 2.28. The molecule has 1 unspecified atom stereocenters. The van der Waals surface area contributed by atoms with Gasteiger partial charge in [0.05, 0.1) is 6.61 Å². The Morgan fingerprint density at radius 2 is 1.94 bits per heavy atom. The third kappa shape index (κ3) is 3.57. The van der Waals surface area contributed by atoms with Gasteiger partial charge >= 0.3 is 5.97 Å². The van der Waals surface area contributed by atoms with Crippen molar-refractivity contribution >= 4 is 5.97 Å². The van der Waals surface area contributed by atoms with Crippen LogP contribution < -0.4 is 5.73 Å². The van der Waals surface area contributed by atoms with Crippen LogP contribution in [0.15, 0.2) is 30.3 Å². The van der Waals surface area contributed by atoms with Gasteiger partial charge in [-0.15, -0.1) is 0 Å². The fraction of sp³-hybridized carbons (Fsp3) is 0.533. The molecular formula is C15H21NO2. The van der Waals surface area contributed by atoms with Gasteiger partial charge in [-0.25, -0.2) is 0 Å². The van der Waals surface area contributed by atoms with E-state index < -0.39 is 6.04 Å². The molecule has 0 bridgehead atoms. The lowest BCUT2D eigenvalue weighted by Gasteiger charge is -2.17. The summed E-state index contributed by atoms with van der Waals surface area (Å²) in [4.78, 5) is 11.8. The van der Waals surface area contributed by atoms with Crippen LogP contribution in [0, 0.1) is 5.92 Å². The van der Waals surface area contributed by atoms with E-state index in [1.54, 1.807) is 0 Å². The van der Waals surface area contributed by atoms with E-state index in [2.05, 4.69) is 0 Å². The van der Waals surface area contributed by atoms with E-state index in [1.807, 2.05) is 30.3 Å². The van der Waals surface area contributed by atoms with Gasteiger partial charge in [-0.3, -0.25) is 4.79 Å². The Balaban J connectivity index is 1.71. The van der Waals surface area contributed by atoms with Gasteiger partial charge in [0, 0.05) is 6.42 Å². The molecule has 1 fully saturated rings. The summed E-state index contributed by atoms with van der Waals surface area (Å²) >= 11 is 0. The molecule has 0 amide bonds. The van der Waals surface area contributed by atoms with Crippen LogP contribution in [0.1, 0.15) is 31.2 Å². The van der Waals surface area contributed by atoms with Crippen molar-refractivity contribution in [1.29, 1.82) is 0 Å². The molecule has 0 saturated heterocycles.